The smallest absolute Gasteiger partial charge is 0.245 e. The number of anilines is 1. The highest BCUT2D eigenvalue weighted by molar-refractivity contribution is 7.89. The van der Waals surface area contributed by atoms with Crippen molar-refractivity contribution < 1.29 is 8.42 Å². The molecule has 0 radical (unpaired) electrons. The van der Waals surface area contributed by atoms with Gasteiger partial charge in [-0.2, -0.15) is 4.31 Å². The van der Waals surface area contributed by atoms with Crippen LogP contribution in [0, 0.1) is 6.92 Å². The molecule has 0 atom stereocenters. The molecule has 1 aromatic carbocycles. The summed E-state index contributed by atoms with van der Waals surface area (Å²) < 4.78 is 28.2. The van der Waals surface area contributed by atoms with Crippen LogP contribution in [0.15, 0.2) is 59.9 Å². The van der Waals surface area contributed by atoms with E-state index in [4.69, 9.17) is 0 Å². The monoisotopic (exact) mass is 420 g/mol. The van der Waals surface area contributed by atoms with Gasteiger partial charge in [0.15, 0.2) is 5.65 Å². The number of pyridine rings is 2. The van der Waals surface area contributed by atoms with Gasteiger partial charge >= 0.3 is 0 Å². The van der Waals surface area contributed by atoms with Gasteiger partial charge in [-0.25, -0.2) is 18.4 Å². The van der Waals surface area contributed by atoms with Gasteiger partial charge in [-0.15, -0.1) is 0 Å². The van der Waals surface area contributed by atoms with Gasteiger partial charge < -0.3 is 4.90 Å². The van der Waals surface area contributed by atoms with Crippen molar-refractivity contribution in [3.8, 4) is 0 Å². The lowest BCUT2D eigenvalue weighted by Gasteiger charge is -2.34. The highest BCUT2D eigenvalue weighted by Crippen LogP contribution is 2.26. The summed E-state index contributed by atoms with van der Waals surface area (Å²) in [4.78, 5) is 19.8. The second-order valence-electron chi connectivity index (χ2n) is 7.30. The van der Waals surface area contributed by atoms with Gasteiger partial charge in [0.2, 0.25) is 10.0 Å². The molecule has 1 aliphatic rings. The van der Waals surface area contributed by atoms with Crippen LogP contribution in [0.2, 0.25) is 0 Å². The third-order valence-corrected chi connectivity index (χ3v) is 7.24. The number of piperazine rings is 1. The predicted molar refractivity (Wildman–Crippen MR) is 115 cm³/mol. The van der Waals surface area contributed by atoms with Gasteiger partial charge in [-0.1, -0.05) is 12.1 Å². The molecule has 0 saturated carbocycles. The normalized spacial score (nSPS) is 15.7. The van der Waals surface area contributed by atoms with Gasteiger partial charge in [0, 0.05) is 50.2 Å². The van der Waals surface area contributed by atoms with Crippen LogP contribution in [-0.2, 0) is 10.0 Å². The number of fused-ring (bicyclic) bond motifs is 2. The Hall–Kier alpha value is -3.17. The summed E-state index contributed by atoms with van der Waals surface area (Å²) in [5.41, 5.74) is 2.84. The fraction of sp³-hybridized carbons (Fsp3) is 0.238. The molecule has 9 heteroatoms. The highest BCUT2D eigenvalue weighted by Gasteiger charge is 2.30. The molecule has 0 unspecified atom stereocenters. The first-order chi connectivity index (χ1) is 14.5. The molecule has 0 amide bonds. The SMILES string of the molecule is Cc1cnc2c(S(=O)(=O)N3CCN(c4ccc5nccnc5n4)CC3)cccc2c1. The maximum atomic E-state index is 13.3. The molecule has 4 aromatic rings. The second-order valence-corrected chi connectivity index (χ2v) is 9.21. The van der Waals surface area contributed by atoms with Crippen molar-refractivity contribution in [2.75, 3.05) is 31.1 Å². The molecule has 0 bridgehead atoms. The quantitative estimate of drug-likeness (QED) is 0.502. The molecule has 0 aliphatic carbocycles. The van der Waals surface area contributed by atoms with Crippen LogP contribution in [-0.4, -0.2) is 58.8 Å². The fourth-order valence-corrected chi connectivity index (χ4v) is 5.36. The molecule has 4 heterocycles. The van der Waals surface area contributed by atoms with E-state index in [0.717, 1.165) is 22.3 Å². The van der Waals surface area contributed by atoms with Crippen LogP contribution >= 0.6 is 0 Å². The van der Waals surface area contributed by atoms with E-state index in [0.29, 0.717) is 37.3 Å². The Kier molecular flexibility index (Phi) is 4.56. The number of rotatable bonds is 3. The van der Waals surface area contributed by atoms with E-state index in [9.17, 15) is 8.42 Å². The van der Waals surface area contributed by atoms with Crippen molar-refractivity contribution in [2.45, 2.75) is 11.8 Å². The van der Waals surface area contributed by atoms with E-state index >= 15 is 0 Å². The van der Waals surface area contributed by atoms with E-state index in [2.05, 4.69) is 24.8 Å². The summed E-state index contributed by atoms with van der Waals surface area (Å²) in [5, 5.41) is 0.830. The Labute approximate surface area is 174 Å². The Morgan fingerprint density at radius 3 is 2.57 bits per heavy atom. The summed E-state index contributed by atoms with van der Waals surface area (Å²) in [7, 11) is -3.64. The highest BCUT2D eigenvalue weighted by atomic mass is 32.2. The van der Waals surface area contributed by atoms with Crippen LogP contribution in [0.3, 0.4) is 0 Å². The van der Waals surface area contributed by atoms with Crippen LogP contribution in [0.1, 0.15) is 5.56 Å². The van der Waals surface area contributed by atoms with Gasteiger partial charge in [0.05, 0.1) is 5.52 Å². The number of aromatic nitrogens is 4. The van der Waals surface area contributed by atoms with Crippen molar-refractivity contribution in [2.24, 2.45) is 0 Å². The number of hydrogen-bond acceptors (Lipinski definition) is 7. The molecule has 1 saturated heterocycles. The summed E-state index contributed by atoms with van der Waals surface area (Å²) >= 11 is 0. The zero-order chi connectivity index (χ0) is 20.7. The number of aryl methyl sites for hydroxylation is 1. The molecule has 3 aromatic heterocycles. The molecule has 30 heavy (non-hydrogen) atoms. The van der Waals surface area contributed by atoms with Crippen LogP contribution in [0.5, 0.6) is 0 Å². The number of para-hydroxylation sites is 1. The Morgan fingerprint density at radius 2 is 1.73 bits per heavy atom. The van der Waals surface area contributed by atoms with Crippen molar-refractivity contribution in [1.82, 2.24) is 24.2 Å². The number of hydrogen-bond donors (Lipinski definition) is 0. The lowest BCUT2D eigenvalue weighted by Crippen LogP contribution is -2.49. The third kappa shape index (κ3) is 3.25. The maximum Gasteiger partial charge on any atom is 0.245 e. The molecule has 0 N–H and O–H groups in total. The molecule has 1 fully saturated rings. The van der Waals surface area contributed by atoms with Crippen LogP contribution < -0.4 is 4.90 Å². The predicted octanol–water partition coefficient (Wildman–Crippen LogP) is 2.39. The number of benzene rings is 1. The Bertz CT molecular complexity index is 1350. The molecule has 1 aliphatic heterocycles. The van der Waals surface area contributed by atoms with Gasteiger partial charge in [0.1, 0.15) is 16.2 Å². The average molecular weight is 420 g/mol. The summed E-state index contributed by atoms with van der Waals surface area (Å²) in [6.45, 7) is 3.80. The number of nitrogens with zero attached hydrogens (tertiary/aromatic N) is 6. The minimum absolute atomic E-state index is 0.257. The van der Waals surface area contributed by atoms with Crippen molar-refractivity contribution in [3.63, 3.8) is 0 Å². The zero-order valence-electron chi connectivity index (χ0n) is 16.4. The first-order valence-corrected chi connectivity index (χ1v) is 11.1. The van der Waals surface area contributed by atoms with E-state index in [1.54, 1.807) is 30.7 Å². The second kappa shape index (κ2) is 7.26. The minimum atomic E-state index is -3.64. The summed E-state index contributed by atoms with van der Waals surface area (Å²) in [5.74, 6) is 0.780. The minimum Gasteiger partial charge on any atom is -0.354 e. The van der Waals surface area contributed by atoms with Crippen molar-refractivity contribution in [3.05, 3.63) is 60.6 Å². The van der Waals surface area contributed by atoms with E-state index in [-0.39, 0.29) is 4.90 Å². The Balaban J connectivity index is 1.39. The molecule has 5 rings (SSSR count). The summed E-state index contributed by atoms with van der Waals surface area (Å²) in [6, 6.07) is 11.0. The van der Waals surface area contributed by atoms with Crippen LogP contribution in [0.4, 0.5) is 5.82 Å². The number of sulfonamides is 1. The van der Waals surface area contributed by atoms with Gasteiger partial charge in [-0.05, 0) is 36.8 Å². The maximum absolute atomic E-state index is 13.3. The van der Waals surface area contributed by atoms with E-state index in [1.807, 2.05) is 31.2 Å². The average Bonchev–Trinajstić information content (AvgIpc) is 2.78. The standard InChI is InChI=1S/C21H20N6O2S/c1-15-13-16-3-2-4-18(20(16)24-14-15)30(28,29)27-11-9-26(10-12-27)19-6-5-17-21(25-19)23-8-7-22-17/h2-8,13-14H,9-12H2,1H3. The van der Waals surface area contributed by atoms with Gasteiger partial charge in [-0.3, -0.25) is 9.97 Å². The van der Waals surface area contributed by atoms with Crippen molar-refractivity contribution in [1.29, 1.82) is 0 Å². The van der Waals surface area contributed by atoms with Crippen molar-refractivity contribution >= 4 is 37.9 Å². The third-order valence-electron chi connectivity index (χ3n) is 5.31. The first-order valence-electron chi connectivity index (χ1n) is 9.71. The lowest BCUT2D eigenvalue weighted by atomic mass is 10.2. The molecular weight excluding hydrogens is 400 g/mol. The zero-order valence-corrected chi connectivity index (χ0v) is 17.2. The summed E-state index contributed by atoms with van der Waals surface area (Å²) in [6.07, 6.45) is 4.95. The van der Waals surface area contributed by atoms with Crippen LogP contribution in [0.25, 0.3) is 22.1 Å². The van der Waals surface area contributed by atoms with Gasteiger partial charge in [0.25, 0.3) is 0 Å². The topological polar surface area (TPSA) is 92.2 Å². The Morgan fingerprint density at radius 1 is 0.933 bits per heavy atom. The fourth-order valence-electron chi connectivity index (χ4n) is 3.77. The van der Waals surface area contributed by atoms with E-state index in [1.165, 1.54) is 4.31 Å². The lowest BCUT2D eigenvalue weighted by molar-refractivity contribution is 0.384. The molecule has 152 valence electrons. The molecule has 8 nitrogen and oxygen atoms in total. The van der Waals surface area contributed by atoms with E-state index < -0.39 is 10.0 Å². The largest absolute Gasteiger partial charge is 0.354 e. The molecular formula is C21H20N6O2S. The molecule has 0 spiro atoms. The first kappa shape index (κ1) is 18.8.